The normalized spacial score (nSPS) is 14.5. The van der Waals surface area contributed by atoms with Crippen molar-refractivity contribution in [3.05, 3.63) is 70.7 Å². The minimum absolute atomic E-state index is 0.0253. The third-order valence-corrected chi connectivity index (χ3v) is 3.74. The first-order valence-corrected chi connectivity index (χ1v) is 6.87. The molecule has 0 saturated heterocycles. The van der Waals surface area contributed by atoms with E-state index in [1.807, 2.05) is 4.90 Å². The minimum atomic E-state index is -4.76. The van der Waals surface area contributed by atoms with Gasteiger partial charge in [-0.1, -0.05) is 12.1 Å². The second-order valence-corrected chi connectivity index (χ2v) is 5.49. The van der Waals surface area contributed by atoms with E-state index in [1.165, 1.54) is 18.2 Å². The van der Waals surface area contributed by atoms with Crippen molar-refractivity contribution in [3.63, 3.8) is 0 Å². The van der Waals surface area contributed by atoms with E-state index in [4.69, 9.17) is 0 Å². The van der Waals surface area contributed by atoms with Gasteiger partial charge in [0.1, 0.15) is 11.6 Å². The van der Waals surface area contributed by atoms with Crippen molar-refractivity contribution < 1.29 is 22.7 Å². The molecule has 0 bridgehead atoms. The number of benzene rings is 2. The Bertz CT molecular complexity index is 796. The smallest absolute Gasteiger partial charge is 0.419 e. The van der Waals surface area contributed by atoms with E-state index in [2.05, 4.69) is 0 Å². The molecule has 1 aliphatic rings. The number of rotatable bonds is 1. The Morgan fingerprint density at radius 1 is 1.09 bits per heavy atom. The van der Waals surface area contributed by atoms with Gasteiger partial charge < -0.3 is 10.0 Å². The predicted molar refractivity (Wildman–Crippen MR) is 78.1 cm³/mol. The van der Waals surface area contributed by atoms with Crippen LogP contribution in [0.3, 0.4) is 0 Å². The van der Waals surface area contributed by atoms with E-state index < -0.39 is 17.6 Å². The average Bonchev–Trinajstić information content (AvgIpc) is 2.46. The zero-order chi connectivity index (χ0) is 16.8. The van der Waals surface area contributed by atoms with E-state index in [1.54, 1.807) is 19.3 Å². The van der Waals surface area contributed by atoms with Gasteiger partial charge in [-0.3, -0.25) is 0 Å². The maximum atomic E-state index is 13.5. The Labute approximate surface area is 130 Å². The van der Waals surface area contributed by atoms with Crippen LogP contribution in [0.1, 0.15) is 22.3 Å². The molecule has 0 aliphatic carbocycles. The van der Waals surface area contributed by atoms with Crippen LogP contribution >= 0.6 is 0 Å². The Morgan fingerprint density at radius 3 is 2.52 bits per heavy atom. The van der Waals surface area contributed by atoms with Gasteiger partial charge in [-0.05, 0) is 41.0 Å². The van der Waals surface area contributed by atoms with Crippen LogP contribution in [0.25, 0.3) is 5.57 Å². The first-order chi connectivity index (χ1) is 10.8. The molecule has 2 aromatic carbocycles. The molecule has 0 unspecified atom stereocenters. The first-order valence-electron chi connectivity index (χ1n) is 6.87. The van der Waals surface area contributed by atoms with Gasteiger partial charge >= 0.3 is 6.18 Å². The first kappa shape index (κ1) is 15.4. The summed E-state index contributed by atoms with van der Waals surface area (Å²) < 4.78 is 52.2. The summed E-state index contributed by atoms with van der Waals surface area (Å²) in [6, 6.07) is 7.68. The molecule has 1 N–H and O–H groups in total. The molecule has 0 aromatic heterocycles. The molecular formula is C17H13F4NO. The van der Waals surface area contributed by atoms with Crippen molar-refractivity contribution in [2.45, 2.75) is 12.7 Å². The third kappa shape index (κ3) is 2.88. The molecule has 120 valence electrons. The fraction of sp³-hybridized carbons (Fsp3) is 0.176. The summed E-state index contributed by atoms with van der Waals surface area (Å²) in [5.74, 6) is -1.28. The van der Waals surface area contributed by atoms with Crippen molar-refractivity contribution in [2.75, 3.05) is 7.05 Å². The predicted octanol–water partition coefficient (Wildman–Crippen LogP) is 4.38. The van der Waals surface area contributed by atoms with Crippen LogP contribution in [0.2, 0.25) is 0 Å². The van der Waals surface area contributed by atoms with E-state index in [0.29, 0.717) is 17.7 Å². The van der Waals surface area contributed by atoms with Crippen LogP contribution in [0.5, 0.6) is 5.75 Å². The molecule has 6 heteroatoms. The van der Waals surface area contributed by atoms with Crippen LogP contribution in [-0.4, -0.2) is 17.1 Å². The fourth-order valence-corrected chi connectivity index (χ4v) is 2.70. The van der Waals surface area contributed by atoms with Crippen LogP contribution in [-0.2, 0) is 12.7 Å². The number of nitrogens with zero attached hydrogens (tertiary/aromatic N) is 1. The molecule has 0 radical (unpaired) electrons. The highest BCUT2D eigenvalue weighted by atomic mass is 19.4. The maximum absolute atomic E-state index is 13.5. The van der Waals surface area contributed by atoms with Crippen LogP contribution < -0.4 is 0 Å². The number of fused-ring (bicyclic) bond motifs is 1. The average molecular weight is 323 g/mol. The standard InChI is InChI=1S/C17H13F4NO/c1-22-8-11-2-4-12(23)7-13(11)14(9-22)10-3-5-16(18)15(6-10)17(19,20)21/h2-7,9,23H,8H2,1H3. The highest BCUT2D eigenvalue weighted by Gasteiger charge is 2.34. The molecule has 2 nitrogen and oxygen atoms in total. The molecule has 23 heavy (non-hydrogen) atoms. The van der Waals surface area contributed by atoms with Gasteiger partial charge in [0, 0.05) is 25.4 Å². The summed E-state index contributed by atoms with van der Waals surface area (Å²) in [4.78, 5) is 1.82. The van der Waals surface area contributed by atoms with Crippen LogP contribution in [0.4, 0.5) is 17.6 Å². The molecule has 0 saturated carbocycles. The lowest BCUT2D eigenvalue weighted by molar-refractivity contribution is -0.140. The Hall–Kier alpha value is -2.50. The molecule has 0 fully saturated rings. The van der Waals surface area contributed by atoms with E-state index in [9.17, 15) is 22.7 Å². The molecule has 0 spiro atoms. The summed E-state index contributed by atoms with van der Waals surface area (Å²) >= 11 is 0. The molecule has 1 aliphatic heterocycles. The van der Waals surface area contributed by atoms with Gasteiger partial charge in [-0.25, -0.2) is 4.39 Å². The number of alkyl halides is 3. The van der Waals surface area contributed by atoms with Crippen molar-refractivity contribution in [1.29, 1.82) is 0 Å². The quantitative estimate of drug-likeness (QED) is 0.787. The molecule has 0 atom stereocenters. The number of phenols is 1. The summed E-state index contributed by atoms with van der Waals surface area (Å²) in [5.41, 5.74) is 0.974. The van der Waals surface area contributed by atoms with Gasteiger partial charge in [-0.15, -0.1) is 0 Å². The van der Waals surface area contributed by atoms with Crippen molar-refractivity contribution >= 4 is 5.57 Å². The van der Waals surface area contributed by atoms with Gasteiger partial charge in [0.05, 0.1) is 5.56 Å². The maximum Gasteiger partial charge on any atom is 0.419 e. The van der Waals surface area contributed by atoms with Crippen molar-refractivity contribution in [1.82, 2.24) is 4.90 Å². The Balaban J connectivity index is 2.17. The second kappa shape index (κ2) is 5.30. The summed E-state index contributed by atoms with van der Waals surface area (Å²) in [7, 11) is 1.80. The molecule has 1 heterocycles. The van der Waals surface area contributed by atoms with Gasteiger partial charge in [0.25, 0.3) is 0 Å². The number of hydrogen-bond acceptors (Lipinski definition) is 2. The summed E-state index contributed by atoms with van der Waals surface area (Å²) in [5, 5.41) is 9.67. The highest BCUT2D eigenvalue weighted by molar-refractivity contribution is 5.83. The summed E-state index contributed by atoms with van der Waals surface area (Å²) in [6.45, 7) is 0.576. The number of hydrogen-bond donors (Lipinski definition) is 1. The SMILES string of the molecule is CN1C=C(c2ccc(F)c(C(F)(F)F)c2)c2cc(O)ccc2C1. The van der Waals surface area contributed by atoms with E-state index in [0.717, 1.165) is 17.7 Å². The lowest BCUT2D eigenvalue weighted by atomic mass is 9.91. The van der Waals surface area contributed by atoms with Crippen LogP contribution in [0, 0.1) is 5.82 Å². The molecule has 2 aromatic rings. The fourth-order valence-electron chi connectivity index (χ4n) is 2.70. The lowest BCUT2D eigenvalue weighted by Crippen LogP contribution is -2.18. The van der Waals surface area contributed by atoms with Crippen molar-refractivity contribution in [2.24, 2.45) is 0 Å². The largest absolute Gasteiger partial charge is 0.508 e. The van der Waals surface area contributed by atoms with Gasteiger partial charge in [0.15, 0.2) is 0 Å². The monoisotopic (exact) mass is 323 g/mol. The zero-order valence-electron chi connectivity index (χ0n) is 12.2. The second-order valence-electron chi connectivity index (χ2n) is 5.49. The highest BCUT2D eigenvalue weighted by Crippen LogP contribution is 2.37. The molecular weight excluding hydrogens is 310 g/mol. The Morgan fingerprint density at radius 2 is 1.83 bits per heavy atom. The number of halogens is 4. The van der Waals surface area contributed by atoms with Crippen LogP contribution in [0.15, 0.2) is 42.6 Å². The molecule has 3 rings (SSSR count). The van der Waals surface area contributed by atoms with E-state index in [-0.39, 0.29) is 11.3 Å². The van der Waals surface area contributed by atoms with Gasteiger partial charge in [-0.2, -0.15) is 13.2 Å². The van der Waals surface area contributed by atoms with E-state index >= 15 is 0 Å². The van der Waals surface area contributed by atoms with Gasteiger partial charge in [0.2, 0.25) is 0 Å². The zero-order valence-corrected chi connectivity index (χ0v) is 12.2. The number of aromatic hydroxyl groups is 1. The molecule has 0 amide bonds. The number of phenolic OH excluding ortho intramolecular Hbond substituents is 1. The lowest BCUT2D eigenvalue weighted by Gasteiger charge is -2.26. The Kier molecular flexibility index (Phi) is 3.55. The van der Waals surface area contributed by atoms with Crippen molar-refractivity contribution in [3.8, 4) is 5.75 Å². The topological polar surface area (TPSA) is 23.5 Å². The third-order valence-electron chi connectivity index (χ3n) is 3.74. The minimum Gasteiger partial charge on any atom is -0.508 e. The summed E-state index contributed by atoms with van der Waals surface area (Å²) in [6.07, 6.45) is -3.07.